The molecule has 0 radical (unpaired) electrons. The van der Waals surface area contributed by atoms with Crippen LogP contribution in [0.25, 0.3) is 11.1 Å². The summed E-state index contributed by atoms with van der Waals surface area (Å²) in [6.07, 6.45) is 1.96. The average molecular weight is 442 g/mol. The molecule has 0 aromatic heterocycles. The second-order valence-corrected chi connectivity index (χ2v) is 9.76. The first kappa shape index (κ1) is 23.3. The molecule has 3 rings (SSSR count). The number of nitrogens with zero attached hydrogens (tertiary/aromatic N) is 1. The quantitative estimate of drug-likeness (QED) is 0.700. The Morgan fingerprint density at radius 3 is 2.32 bits per heavy atom. The zero-order chi connectivity index (χ0) is 22.4. The molecule has 2 amide bonds. The minimum Gasteiger partial charge on any atom is -0.352 e. The van der Waals surface area contributed by atoms with Gasteiger partial charge in [0.15, 0.2) is 0 Å². The van der Waals surface area contributed by atoms with Crippen LogP contribution >= 0.6 is 11.6 Å². The van der Waals surface area contributed by atoms with Gasteiger partial charge in [0.25, 0.3) is 5.91 Å². The van der Waals surface area contributed by atoms with Crippen LogP contribution in [0.3, 0.4) is 0 Å². The number of benzene rings is 2. The van der Waals surface area contributed by atoms with Crippen molar-refractivity contribution in [3.63, 3.8) is 0 Å². The van der Waals surface area contributed by atoms with Crippen molar-refractivity contribution in [3.05, 3.63) is 59.1 Å². The van der Waals surface area contributed by atoms with Gasteiger partial charge in [0, 0.05) is 22.7 Å². The van der Waals surface area contributed by atoms with Gasteiger partial charge in [-0.15, -0.1) is 0 Å². The predicted molar refractivity (Wildman–Crippen MR) is 126 cm³/mol. The maximum Gasteiger partial charge on any atom is 0.251 e. The van der Waals surface area contributed by atoms with Gasteiger partial charge in [0.1, 0.15) is 0 Å². The molecular weight excluding hydrogens is 410 g/mol. The molecule has 2 aromatic carbocycles. The number of hydrogen-bond acceptors (Lipinski definition) is 3. The maximum atomic E-state index is 12.7. The van der Waals surface area contributed by atoms with Gasteiger partial charge in [-0.25, -0.2) is 0 Å². The Balaban J connectivity index is 1.47. The third kappa shape index (κ3) is 7.37. The number of piperidine rings is 1. The van der Waals surface area contributed by atoms with Crippen LogP contribution in [0.5, 0.6) is 0 Å². The molecule has 1 fully saturated rings. The first-order valence-corrected chi connectivity index (χ1v) is 11.2. The van der Waals surface area contributed by atoms with E-state index in [2.05, 4.69) is 15.5 Å². The van der Waals surface area contributed by atoms with E-state index in [1.165, 1.54) is 0 Å². The first-order valence-electron chi connectivity index (χ1n) is 10.9. The highest BCUT2D eigenvalue weighted by Gasteiger charge is 2.23. The Morgan fingerprint density at radius 2 is 1.68 bits per heavy atom. The molecule has 1 aliphatic rings. The van der Waals surface area contributed by atoms with Crippen LogP contribution in [0.4, 0.5) is 0 Å². The normalized spacial score (nSPS) is 15.5. The SMILES string of the molecule is CC(C)(C)NC(=O)CN1CCC(CNC(=O)c2cccc(-c3cccc(Cl)c3)c2)CC1. The zero-order valence-electron chi connectivity index (χ0n) is 18.6. The molecule has 2 N–H and O–H groups in total. The molecule has 0 spiro atoms. The molecule has 2 aromatic rings. The summed E-state index contributed by atoms with van der Waals surface area (Å²) in [5.41, 5.74) is 2.40. The largest absolute Gasteiger partial charge is 0.352 e. The molecule has 1 heterocycles. The van der Waals surface area contributed by atoms with Crippen molar-refractivity contribution in [2.75, 3.05) is 26.2 Å². The number of carbonyl (C=O) groups is 2. The second kappa shape index (κ2) is 10.3. The third-order valence-corrected chi connectivity index (χ3v) is 5.66. The zero-order valence-corrected chi connectivity index (χ0v) is 19.3. The number of rotatable bonds is 6. The van der Waals surface area contributed by atoms with Crippen LogP contribution in [-0.4, -0.2) is 48.4 Å². The molecule has 5 nitrogen and oxygen atoms in total. The van der Waals surface area contributed by atoms with Crippen molar-refractivity contribution < 1.29 is 9.59 Å². The topological polar surface area (TPSA) is 61.4 Å². The minimum atomic E-state index is -0.205. The number of hydrogen-bond donors (Lipinski definition) is 2. The number of amides is 2. The number of carbonyl (C=O) groups excluding carboxylic acids is 2. The van der Waals surface area contributed by atoms with Crippen molar-refractivity contribution in [1.29, 1.82) is 0 Å². The highest BCUT2D eigenvalue weighted by Crippen LogP contribution is 2.23. The van der Waals surface area contributed by atoms with Crippen molar-refractivity contribution in [3.8, 4) is 11.1 Å². The van der Waals surface area contributed by atoms with E-state index in [0.29, 0.717) is 29.6 Å². The summed E-state index contributed by atoms with van der Waals surface area (Å²) < 4.78 is 0. The lowest BCUT2D eigenvalue weighted by Gasteiger charge is -2.32. The van der Waals surface area contributed by atoms with Crippen LogP contribution in [0.15, 0.2) is 48.5 Å². The number of nitrogens with one attached hydrogen (secondary N) is 2. The second-order valence-electron chi connectivity index (χ2n) is 9.32. The van der Waals surface area contributed by atoms with E-state index in [1.54, 1.807) is 0 Å². The molecule has 31 heavy (non-hydrogen) atoms. The highest BCUT2D eigenvalue weighted by atomic mass is 35.5. The third-order valence-electron chi connectivity index (χ3n) is 5.42. The summed E-state index contributed by atoms with van der Waals surface area (Å²) >= 11 is 6.09. The fourth-order valence-corrected chi connectivity index (χ4v) is 4.05. The van der Waals surface area contributed by atoms with Crippen LogP contribution < -0.4 is 10.6 Å². The predicted octanol–water partition coefficient (Wildman–Crippen LogP) is 4.36. The molecule has 0 saturated carbocycles. The Hall–Kier alpha value is -2.37. The lowest BCUT2D eigenvalue weighted by atomic mass is 9.96. The Labute approximate surface area is 190 Å². The number of halogens is 1. The standard InChI is InChI=1S/C25H32ClN3O2/c1-25(2,3)28-23(30)17-29-12-10-18(11-13-29)16-27-24(31)21-8-4-6-19(14-21)20-7-5-9-22(26)15-20/h4-9,14-15,18H,10-13,16-17H2,1-3H3,(H,27,31)(H,28,30). The van der Waals surface area contributed by atoms with Gasteiger partial charge in [-0.05, 0) is 88.0 Å². The lowest BCUT2D eigenvalue weighted by molar-refractivity contribution is -0.124. The van der Waals surface area contributed by atoms with Gasteiger partial charge >= 0.3 is 0 Å². The maximum absolute atomic E-state index is 12.7. The fraction of sp³-hybridized carbons (Fsp3) is 0.440. The van der Waals surface area contributed by atoms with Crippen molar-refractivity contribution in [1.82, 2.24) is 15.5 Å². The van der Waals surface area contributed by atoms with Crippen molar-refractivity contribution in [2.45, 2.75) is 39.2 Å². The smallest absolute Gasteiger partial charge is 0.251 e. The molecule has 0 bridgehead atoms. The van der Waals surface area contributed by atoms with Crippen molar-refractivity contribution in [2.24, 2.45) is 5.92 Å². The Morgan fingerprint density at radius 1 is 1.03 bits per heavy atom. The van der Waals surface area contributed by atoms with Gasteiger partial charge < -0.3 is 10.6 Å². The Kier molecular flexibility index (Phi) is 7.74. The van der Waals surface area contributed by atoms with Crippen LogP contribution in [0.2, 0.25) is 5.02 Å². The molecule has 0 atom stereocenters. The summed E-state index contributed by atoms with van der Waals surface area (Å²) in [7, 11) is 0. The molecule has 6 heteroatoms. The van der Waals surface area contributed by atoms with Crippen LogP contribution in [-0.2, 0) is 4.79 Å². The molecule has 1 aliphatic heterocycles. The summed E-state index contributed by atoms with van der Waals surface area (Å²) in [5.74, 6) is 0.441. The molecule has 1 saturated heterocycles. The molecule has 0 unspecified atom stereocenters. The summed E-state index contributed by atoms with van der Waals surface area (Å²) in [6.45, 7) is 8.82. The Bertz CT molecular complexity index is 915. The van der Waals surface area contributed by atoms with Crippen molar-refractivity contribution >= 4 is 23.4 Å². The summed E-state index contributed by atoms with van der Waals surface area (Å²) in [4.78, 5) is 27.0. The van der Waals surface area contributed by atoms with E-state index in [4.69, 9.17) is 11.6 Å². The van der Waals surface area contributed by atoms with Crippen LogP contribution in [0, 0.1) is 5.92 Å². The fourth-order valence-electron chi connectivity index (χ4n) is 3.86. The van der Waals surface area contributed by atoms with E-state index < -0.39 is 0 Å². The van der Waals surface area contributed by atoms with E-state index in [0.717, 1.165) is 37.1 Å². The monoisotopic (exact) mass is 441 g/mol. The highest BCUT2D eigenvalue weighted by molar-refractivity contribution is 6.30. The molecular formula is C25H32ClN3O2. The number of likely N-dealkylation sites (tertiary alicyclic amines) is 1. The minimum absolute atomic E-state index is 0.0594. The van der Waals surface area contributed by atoms with Gasteiger partial charge in [0.2, 0.25) is 5.91 Å². The molecule has 166 valence electrons. The van der Waals surface area contributed by atoms with E-state index in [-0.39, 0.29) is 17.4 Å². The lowest BCUT2D eigenvalue weighted by Crippen LogP contribution is -2.48. The van der Waals surface area contributed by atoms with Gasteiger partial charge in [-0.3, -0.25) is 14.5 Å². The molecule has 0 aliphatic carbocycles. The van der Waals surface area contributed by atoms with Gasteiger partial charge in [-0.2, -0.15) is 0 Å². The average Bonchev–Trinajstić information content (AvgIpc) is 2.72. The summed E-state index contributed by atoms with van der Waals surface area (Å²) in [6, 6.07) is 15.2. The van der Waals surface area contributed by atoms with E-state index >= 15 is 0 Å². The summed E-state index contributed by atoms with van der Waals surface area (Å²) in [5, 5.41) is 6.77. The van der Waals surface area contributed by atoms with Crippen LogP contribution in [0.1, 0.15) is 44.0 Å². The van der Waals surface area contributed by atoms with E-state index in [9.17, 15) is 9.59 Å². The first-order chi connectivity index (χ1) is 14.7. The van der Waals surface area contributed by atoms with E-state index in [1.807, 2.05) is 69.3 Å². The van der Waals surface area contributed by atoms with Gasteiger partial charge in [0.05, 0.1) is 6.54 Å². The van der Waals surface area contributed by atoms with Gasteiger partial charge in [-0.1, -0.05) is 35.9 Å².